The Labute approximate surface area is 161 Å². The maximum Gasteiger partial charge on any atom is 0.309 e. The molecule has 1 aliphatic rings. The minimum atomic E-state index is -0.784. The summed E-state index contributed by atoms with van der Waals surface area (Å²) in [5, 5.41) is 1.22. The molecule has 4 nitrogen and oxygen atoms in total. The van der Waals surface area contributed by atoms with Gasteiger partial charge >= 0.3 is 5.97 Å². The summed E-state index contributed by atoms with van der Waals surface area (Å²) in [6, 6.07) is 7.93. The number of benzene rings is 1. The van der Waals surface area contributed by atoms with Crippen LogP contribution in [0.5, 0.6) is 5.75 Å². The number of carbonyl (C=O) groups excluding carboxylic acids is 1. The maximum atomic E-state index is 14.4. The van der Waals surface area contributed by atoms with E-state index in [9.17, 15) is 13.6 Å². The first-order valence-electron chi connectivity index (χ1n) is 8.71. The zero-order valence-corrected chi connectivity index (χ0v) is 16.2. The van der Waals surface area contributed by atoms with Crippen molar-refractivity contribution >= 4 is 17.7 Å². The summed E-state index contributed by atoms with van der Waals surface area (Å²) in [6.07, 6.45) is 0.538. The molecule has 0 saturated heterocycles. The summed E-state index contributed by atoms with van der Waals surface area (Å²) in [7, 11) is 1.30. The Kier molecular flexibility index (Phi) is 5.99. The Morgan fingerprint density at radius 1 is 1.30 bits per heavy atom. The van der Waals surface area contributed by atoms with E-state index in [1.165, 1.54) is 19.2 Å². The van der Waals surface area contributed by atoms with Gasteiger partial charge in [0, 0.05) is 5.25 Å². The molecule has 1 heterocycles. The molecule has 2 unspecified atom stereocenters. The van der Waals surface area contributed by atoms with E-state index in [0.29, 0.717) is 22.9 Å². The van der Waals surface area contributed by atoms with Crippen LogP contribution in [0.15, 0.2) is 35.4 Å². The maximum absolute atomic E-state index is 14.4. The first-order valence-corrected chi connectivity index (χ1v) is 9.59. The molecule has 2 atom stereocenters. The highest BCUT2D eigenvalue weighted by Gasteiger charge is 2.45. The lowest BCUT2D eigenvalue weighted by Gasteiger charge is -2.11. The molecular formula is C20H21F2NO3S. The van der Waals surface area contributed by atoms with Crippen molar-refractivity contribution in [2.75, 3.05) is 7.11 Å². The molecule has 1 aromatic carbocycles. The van der Waals surface area contributed by atoms with Gasteiger partial charge < -0.3 is 9.47 Å². The first kappa shape index (κ1) is 19.6. The second kappa shape index (κ2) is 8.25. The number of hydrogen-bond donors (Lipinski definition) is 0. The molecule has 1 aliphatic carbocycles. The number of pyridine rings is 1. The lowest BCUT2D eigenvalue weighted by atomic mass is 10.1. The van der Waals surface area contributed by atoms with Crippen molar-refractivity contribution in [2.24, 2.45) is 5.92 Å². The third kappa shape index (κ3) is 4.77. The van der Waals surface area contributed by atoms with Crippen molar-refractivity contribution in [3.05, 3.63) is 53.2 Å². The molecule has 0 spiro atoms. The van der Waals surface area contributed by atoms with Crippen LogP contribution in [0.2, 0.25) is 0 Å². The highest BCUT2D eigenvalue weighted by molar-refractivity contribution is 7.99. The zero-order valence-electron chi connectivity index (χ0n) is 15.4. The zero-order chi connectivity index (χ0) is 19.6. The average Bonchev–Trinajstić information content (AvgIpc) is 3.41. The predicted molar refractivity (Wildman–Crippen MR) is 98.8 cm³/mol. The lowest BCUT2D eigenvalue weighted by Crippen LogP contribution is -2.05. The molecule has 144 valence electrons. The second-order valence-electron chi connectivity index (χ2n) is 6.71. The van der Waals surface area contributed by atoms with E-state index in [0.717, 1.165) is 5.03 Å². The third-order valence-electron chi connectivity index (χ3n) is 4.25. The Morgan fingerprint density at radius 3 is 2.63 bits per heavy atom. The van der Waals surface area contributed by atoms with Gasteiger partial charge in [0.2, 0.25) is 0 Å². The molecule has 0 radical (unpaired) electrons. The summed E-state index contributed by atoms with van der Waals surface area (Å²) in [6.45, 7) is 4.09. The van der Waals surface area contributed by atoms with E-state index in [1.54, 1.807) is 17.8 Å². The molecule has 0 aliphatic heterocycles. The van der Waals surface area contributed by atoms with E-state index in [4.69, 9.17) is 4.74 Å². The van der Waals surface area contributed by atoms with Gasteiger partial charge in [-0.25, -0.2) is 13.8 Å². The van der Waals surface area contributed by atoms with Crippen molar-refractivity contribution < 1.29 is 23.0 Å². The van der Waals surface area contributed by atoms with Crippen LogP contribution in [0.25, 0.3) is 0 Å². The topological polar surface area (TPSA) is 48.4 Å². The van der Waals surface area contributed by atoms with Crippen LogP contribution in [0.1, 0.15) is 37.4 Å². The Hall–Kier alpha value is -2.15. The minimum absolute atomic E-state index is 0.0338. The number of halogens is 2. The van der Waals surface area contributed by atoms with Crippen molar-refractivity contribution in [2.45, 2.75) is 43.1 Å². The Morgan fingerprint density at radius 2 is 2.00 bits per heavy atom. The van der Waals surface area contributed by atoms with Crippen LogP contribution >= 0.6 is 11.8 Å². The smallest absolute Gasteiger partial charge is 0.309 e. The SMILES string of the molecule is COC(=O)C1CC1c1cc(F)c(OCc2cccc(SC(C)C)n2)c(F)c1. The molecule has 0 amide bonds. The van der Waals surface area contributed by atoms with Crippen molar-refractivity contribution in [3.8, 4) is 5.75 Å². The quantitative estimate of drug-likeness (QED) is 0.503. The standard InChI is InChI=1S/C20H21F2NO3S/c1-11(2)27-18-6-4-5-13(23-18)10-26-19-16(21)7-12(8-17(19)22)14-9-15(14)20(24)25-3/h4-8,11,14-15H,9-10H2,1-3H3. The molecule has 1 aromatic heterocycles. The number of esters is 1. The molecular weight excluding hydrogens is 372 g/mol. The summed E-state index contributed by atoms with van der Waals surface area (Å²) < 4.78 is 38.7. The fourth-order valence-electron chi connectivity index (χ4n) is 2.90. The number of rotatable bonds is 7. The molecule has 0 bridgehead atoms. The summed E-state index contributed by atoms with van der Waals surface area (Å²) in [5.74, 6) is -2.89. The van der Waals surface area contributed by atoms with E-state index in [-0.39, 0.29) is 24.4 Å². The number of nitrogens with zero attached hydrogens (tertiary/aromatic N) is 1. The monoisotopic (exact) mass is 393 g/mol. The molecule has 1 fully saturated rings. The number of carbonyl (C=O) groups is 1. The van der Waals surface area contributed by atoms with E-state index in [2.05, 4.69) is 23.6 Å². The van der Waals surface area contributed by atoms with Gasteiger partial charge in [-0.15, -0.1) is 11.8 Å². The number of ether oxygens (including phenoxy) is 2. The van der Waals surface area contributed by atoms with Crippen molar-refractivity contribution in [3.63, 3.8) is 0 Å². The van der Waals surface area contributed by atoms with Gasteiger partial charge in [-0.05, 0) is 42.2 Å². The highest BCUT2D eigenvalue weighted by Crippen LogP contribution is 2.49. The molecule has 3 rings (SSSR count). The number of hydrogen-bond acceptors (Lipinski definition) is 5. The first-order chi connectivity index (χ1) is 12.9. The van der Waals surface area contributed by atoms with Crippen LogP contribution in [0, 0.1) is 17.6 Å². The van der Waals surface area contributed by atoms with E-state index >= 15 is 0 Å². The van der Waals surface area contributed by atoms with Gasteiger partial charge in [-0.3, -0.25) is 4.79 Å². The summed E-state index contributed by atoms with van der Waals surface area (Å²) >= 11 is 1.60. The van der Waals surface area contributed by atoms with Crippen LogP contribution in [-0.4, -0.2) is 23.3 Å². The summed E-state index contributed by atoms with van der Waals surface area (Å²) in [4.78, 5) is 15.9. The van der Waals surface area contributed by atoms with Crippen molar-refractivity contribution in [1.82, 2.24) is 4.98 Å². The lowest BCUT2D eigenvalue weighted by molar-refractivity contribution is -0.142. The van der Waals surface area contributed by atoms with E-state index < -0.39 is 17.4 Å². The van der Waals surface area contributed by atoms with Crippen LogP contribution in [0.4, 0.5) is 8.78 Å². The fourth-order valence-corrected chi connectivity index (χ4v) is 3.71. The van der Waals surface area contributed by atoms with Gasteiger partial charge in [0.25, 0.3) is 0 Å². The van der Waals surface area contributed by atoms with E-state index in [1.807, 2.05) is 12.1 Å². The molecule has 2 aromatic rings. The van der Waals surface area contributed by atoms with Gasteiger partial charge in [0.05, 0.1) is 23.7 Å². The summed E-state index contributed by atoms with van der Waals surface area (Å²) in [5.41, 5.74) is 1.04. The molecule has 7 heteroatoms. The van der Waals surface area contributed by atoms with Crippen LogP contribution in [0.3, 0.4) is 0 Å². The normalized spacial score (nSPS) is 18.4. The Bertz CT molecular complexity index is 821. The number of thioether (sulfide) groups is 1. The van der Waals surface area contributed by atoms with Crippen LogP contribution in [-0.2, 0) is 16.1 Å². The van der Waals surface area contributed by atoms with Crippen molar-refractivity contribution in [1.29, 1.82) is 0 Å². The largest absolute Gasteiger partial charge is 0.481 e. The molecule has 1 saturated carbocycles. The van der Waals surface area contributed by atoms with Crippen LogP contribution < -0.4 is 4.74 Å². The number of aromatic nitrogens is 1. The minimum Gasteiger partial charge on any atom is -0.481 e. The number of methoxy groups -OCH3 is 1. The highest BCUT2D eigenvalue weighted by atomic mass is 32.2. The van der Waals surface area contributed by atoms with Gasteiger partial charge in [0.1, 0.15) is 6.61 Å². The van der Waals surface area contributed by atoms with Gasteiger partial charge in [-0.2, -0.15) is 0 Å². The predicted octanol–water partition coefficient (Wildman–Crippen LogP) is 4.72. The average molecular weight is 393 g/mol. The third-order valence-corrected chi connectivity index (χ3v) is 5.19. The molecule has 0 N–H and O–H groups in total. The molecule has 27 heavy (non-hydrogen) atoms. The fraction of sp³-hybridized carbons (Fsp3) is 0.400. The van der Waals surface area contributed by atoms with Gasteiger partial charge in [-0.1, -0.05) is 19.9 Å². The second-order valence-corrected chi connectivity index (χ2v) is 8.30. The Balaban J connectivity index is 1.69. The van der Waals surface area contributed by atoms with Gasteiger partial charge in [0.15, 0.2) is 17.4 Å².